The molecule has 0 aliphatic carbocycles. The first kappa shape index (κ1) is 12.4. The van der Waals surface area contributed by atoms with Gasteiger partial charge in [0.25, 0.3) is 0 Å². The molecule has 4 rings (SSSR count). The van der Waals surface area contributed by atoms with Crippen LogP contribution in [-0.4, -0.2) is 19.9 Å². The van der Waals surface area contributed by atoms with Crippen LogP contribution in [0.3, 0.4) is 0 Å². The Labute approximate surface area is 116 Å². The number of pyridine rings is 2. The van der Waals surface area contributed by atoms with Crippen molar-refractivity contribution in [3.05, 3.63) is 60.2 Å². The highest BCUT2D eigenvalue weighted by Gasteiger charge is 1.94. The molecule has 4 aromatic heterocycles. The maximum Gasteiger partial charge on any atom is 0.137 e. The first-order valence-corrected chi connectivity index (χ1v) is 6.53. The van der Waals surface area contributed by atoms with Crippen molar-refractivity contribution in [3.8, 4) is 0 Å². The molecule has 100 valence electrons. The summed E-state index contributed by atoms with van der Waals surface area (Å²) >= 11 is 0. The molecule has 0 aromatic carbocycles. The molecule has 4 heterocycles. The summed E-state index contributed by atoms with van der Waals surface area (Å²) in [6.45, 7) is 4.06. The highest BCUT2D eigenvalue weighted by molar-refractivity contribution is 5.76. The third-order valence-corrected chi connectivity index (χ3v) is 3.05. The van der Waals surface area contributed by atoms with Crippen LogP contribution in [0.2, 0.25) is 0 Å². The molecule has 0 atom stereocenters. The molecule has 0 aliphatic heterocycles. The van der Waals surface area contributed by atoms with E-state index in [1.165, 1.54) is 10.8 Å². The molecule has 0 saturated carbocycles. The van der Waals surface area contributed by atoms with E-state index in [0.717, 1.165) is 22.7 Å². The molecule has 0 fully saturated rings. The van der Waals surface area contributed by atoms with Crippen molar-refractivity contribution in [2.45, 2.75) is 13.8 Å². The number of hydrogen-bond acceptors (Lipinski definition) is 2. The molecule has 4 heteroatoms. The van der Waals surface area contributed by atoms with Crippen molar-refractivity contribution in [1.29, 1.82) is 0 Å². The summed E-state index contributed by atoms with van der Waals surface area (Å²) in [6.07, 6.45) is 3.58. The minimum Gasteiger partial charge on any atom is -0.344 e. The fourth-order valence-electron chi connectivity index (χ4n) is 2.19. The van der Waals surface area contributed by atoms with Gasteiger partial charge in [0.15, 0.2) is 0 Å². The van der Waals surface area contributed by atoms with Gasteiger partial charge in [-0.25, -0.2) is 9.97 Å². The lowest BCUT2D eigenvalue weighted by molar-refractivity contribution is 1.25. The summed E-state index contributed by atoms with van der Waals surface area (Å²) in [7, 11) is 0. The molecule has 0 unspecified atom stereocenters. The Kier molecular flexibility index (Phi) is 3.21. The fraction of sp³-hybridized carbons (Fsp3) is 0.125. The molecule has 0 radical (unpaired) electrons. The zero-order valence-corrected chi connectivity index (χ0v) is 11.5. The molecule has 0 aliphatic rings. The average molecular weight is 264 g/mol. The van der Waals surface area contributed by atoms with E-state index in [2.05, 4.69) is 32.1 Å². The van der Waals surface area contributed by atoms with Crippen molar-refractivity contribution in [2.75, 3.05) is 0 Å². The Morgan fingerprint density at radius 3 is 1.60 bits per heavy atom. The summed E-state index contributed by atoms with van der Waals surface area (Å²) in [4.78, 5) is 14.6. The first-order chi connectivity index (χ1) is 9.72. The van der Waals surface area contributed by atoms with Crippen LogP contribution in [0.4, 0.5) is 0 Å². The lowest BCUT2D eigenvalue weighted by atomic mass is 10.3. The Hall–Kier alpha value is -2.62. The van der Waals surface area contributed by atoms with Crippen LogP contribution in [0.5, 0.6) is 0 Å². The summed E-state index contributed by atoms with van der Waals surface area (Å²) in [6, 6.07) is 12.1. The number of aromatic nitrogens is 4. The van der Waals surface area contributed by atoms with Gasteiger partial charge in [-0.15, -0.1) is 0 Å². The summed E-state index contributed by atoms with van der Waals surface area (Å²) in [5, 5.41) is 2.36. The summed E-state index contributed by atoms with van der Waals surface area (Å²) < 4.78 is 0. The van der Waals surface area contributed by atoms with Crippen molar-refractivity contribution in [2.24, 2.45) is 0 Å². The van der Waals surface area contributed by atoms with Crippen LogP contribution >= 0.6 is 0 Å². The predicted octanol–water partition coefficient (Wildman–Crippen LogP) is 3.74. The van der Waals surface area contributed by atoms with Crippen molar-refractivity contribution in [3.63, 3.8) is 0 Å². The molecule has 2 N–H and O–H groups in total. The summed E-state index contributed by atoms with van der Waals surface area (Å²) in [5.74, 6) is 0. The molecule has 0 saturated heterocycles. The number of aryl methyl sites for hydroxylation is 2. The number of aromatic amines is 2. The van der Waals surface area contributed by atoms with Crippen molar-refractivity contribution in [1.82, 2.24) is 19.9 Å². The topological polar surface area (TPSA) is 57.4 Å². The van der Waals surface area contributed by atoms with E-state index in [0.29, 0.717) is 0 Å². The zero-order valence-electron chi connectivity index (χ0n) is 11.5. The van der Waals surface area contributed by atoms with Gasteiger partial charge in [0.1, 0.15) is 11.3 Å². The molecular formula is C16H16N4. The van der Waals surface area contributed by atoms with E-state index in [1.807, 2.05) is 38.1 Å². The van der Waals surface area contributed by atoms with Crippen LogP contribution in [0, 0.1) is 13.8 Å². The monoisotopic (exact) mass is 264 g/mol. The second-order valence-electron chi connectivity index (χ2n) is 4.79. The highest BCUT2D eigenvalue weighted by Crippen LogP contribution is 2.11. The Morgan fingerprint density at radius 2 is 1.20 bits per heavy atom. The molecule has 4 aromatic rings. The van der Waals surface area contributed by atoms with Crippen LogP contribution in [-0.2, 0) is 0 Å². The molecule has 20 heavy (non-hydrogen) atoms. The first-order valence-electron chi connectivity index (χ1n) is 6.53. The number of fused-ring (bicyclic) bond motifs is 2. The van der Waals surface area contributed by atoms with E-state index in [-0.39, 0.29) is 0 Å². The van der Waals surface area contributed by atoms with Gasteiger partial charge < -0.3 is 9.97 Å². The van der Waals surface area contributed by atoms with Crippen molar-refractivity contribution < 1.29 is 0 Å². The smallest absolute Gasteiger partial charge is 0.137 e. The van der Waals surface area contributed by atoms with Gasteiger partial charge in [-0.05, 0) is 50.2 Å². The minimum absolute atomic E-state index is 0.972. The normalized spacial score (nSPS) is 10.5. The largest absolute Gasteiger partial charge is 0.344 e. The fourth-order valence-corrected chi connectivity index (χ4v) is 2.19. The highest BCUT2D eigenvalue weighted by atomic mass is 14.8. The minimum atomic E-state index is 0.972. The Morgan fingerprint density at radius 1 is 0.750 bits per heavy atom. The second-order valence-corrected chi connectivity index (χ2v) is 4.79. The van der Waals surface area contributed by atoms with Crippen LogP contribution in [0.15, 0.2) is 48.8 Å². The number of rotatable bonds is 0. The molecule has 0 bridgehead atoms. The van der Waals surface area contributed by atoms with Gasteiger partial charge in [-0.2, -0.15) is 0 Å². The zero-order chi connectivity index (χ0) is 13.9. The third-order valence-electron chi connectivity index (χ3n) is 3.05. The predicted molar refractivity (Wildman–Crippen MR) is 81.7 cm³/mol. The van der Waals surface area contributed by atoms with Crippen LogP contribution in [0.1, 0.15) is 11.4 Å². The van der Waals surface area contributed by atoms with Gasteiger partial charge in [0.2, 0.25) is 0 Å². The van der Waals surface area contributed by atoms with E-state index < -0.39 is 0 Å². The lowest BCUT2D eigenvalue weighted by Crippen LogP contribution is -1.72. The Bertz CT molecular complexity index is 704. The number of H-pyrrole nitrogens is 2. The second kappa shape index (κ2) is 5.17. The quantitative estimate of drug-likeness (QED) is 0.508. The molecule has 0 spiro atoms. The number of nitrogens with zero attached hydrogens (tertiary/aromatic N) is 2. The van der Waals surface area contributed by atoms with E-state index >= 15 is 0 Å². The van der Waals surface area contributed by atoms with Gasteiger partial charge in [0, 0.05) is 34.6 Å². The summed E-state index contributed by atoms with van der Waals surface area (Å²) in [5.41, 5.74) is 4.27. The van der Waals surface area contributed by atoms with Gasteiger partial charge in [0.05, 0.1) is 0 Å². The van der Waals surface area contributed by atoms with Crippen LogP contribution in [0.25, 0.3) is 22.1 Å². The molecule has 0 amide bonds. The maximum atomic E-state index is 4.15. The van der Waals surface area contributed by atoms with Crippen LogP contribution < -0.4 is 0 Å². The maximum absolute atomic E-state index is 4.15. The molecular weight excluding hydrogens is 248 g/mol. The number of hydrogen-bond donors (Lipinski definition) is 2. The standard InChI is InChI=1S/2C8H8N2/c2*1-6-5-7-3-2-4-9-8(7)10-6/h2*2-5H,1H3,(H,9,10). The SMILES string of the molecule is Cc1cc2cccnc2[nH]1.Cc1cc2cccnc2[nH]1. The van der Waals surface area contributed by atoms with E-state index in [1.54, 1.807) is 12.4 Å². The number of nitrogens with one attached hydrogen (secondary N) is 2. The van der Waals surface area contributed by atoms with Gasteiger partial charge >= 0.3 is 0 Å². The molecule has 4 nitrogen and oxygen atoms in total. The third kappa shape index (κ3) is 2.54. The Balaban J connectivity index is 0.000000121. The van der Waals surface area contributed by atoms with Crippen molar-refractivity contribution >= 4 is 22.1 Å². The average Bonchev–Trinajstić information content (AvgIpc) is 2.99. The van der Waals surface area contributed by atoms with E-state index in [4.69, 9.17) is 0 Å². The van der Waals surface area contributed by atoms with E-state index in [9.17, 15) is 0 Å². The van der Waals surface area contributed by atoms with Gasteiger partial charge in [-0.3, -0.25) is 0 Å². The lowest BCUT2D eigenvalue weighted by Gasteiger charge is -1.82. The van der Waals surface area contributed by atoms with Gasteiger partial charge in [-0.1, -0.05) is 0 Å².